The minimum atomic E-state index is -0.400. The van der Waals surface area contributed by atoms with Crippen LogP contribution in [0.3, 0.4) is 0 Å². The molecule has 0 atom stereocenters. The monoisotopic (exact) mass is 279 g/mol. The number of anilines is 1. The molecule has 5 heteroatoms. The first kappa shape index (κ1) is 13.7. The number of hydrogen-bond donors (Lipinski definition) is 0. The van der Waals surface area contributed by atoms with Crippen LogP contribution in [0.1, 0.15) is 17.1 Å². The van der Waals surface area contributed by atoms with E-state index in [-0.39, 0.29) is 5.02 Å². The first-order chi connectivity index (χ1) is 8.95. The standard InChI is InChI=1S/C14H15ClFN3/c1-9-6-14(18-10(2)17-9)19(3)8-11-4-5-12(15)13(16)7-11/h4-7H,8H2,1-3H3. The molecule has 0 saturated heterocycles. The Labute approximate surface area is 117 Å². The quantitative estimate of drug-likeness (QED) is 0.861. The Morgan fingerprint density at radius 1 is 1.21 bits per heavy atom. The fraction of sp³-hybridized carbons (Fsp3) is 0.286. The molecule has 0 saturated carbocycles. The van der Waals surface area contributed by atoms with E-state index in [4.69, 9.17) is 11.6 Å². The van der Waals surface area contributed by atoms with E-state index in [0.29, 0.717) is 6.54 Å². The van der Waals surface area contributed by atoms with Gasteiger partial charge in [-0.05, 0) is 31.5 Å². The van der Waals surface area contributed by atoms with Gasteiger partial charge in [-0.3, -0.25) is 0 Å². The summed E-state index contributed by atoms with van der Waals surface area (Å²) in [4.78, 5) is 10.5. The number of aromatic nitrogens is 2. The topological polar surface area (TPSA) is 29.0 Å². The van der Waals surface area contributed by atoms with Crippen LogP contribution >= 0.6 is 11.6 Å². The van der Waals surface area contributed by atoms with Gasteiger partial charge in [0.05, 0.1) is 5.02 Å². The largest absolute Gasteiger partial charge is 0.355 e. The molecule has 0 aliphatic rings. The highest BCUT2D eigenvalue weighted by Gasteiger charge is 2.07. The van der Waals surface area contributed by atoms with E-state index in [1.807, 2.05) is 37.9 Å². The highest BCUT2D eigenvalue weighted by Crippen LogP contribution is 2.18. The second-order valence-corrected chi connectivity index (χ2v) is 4.93. The van der Waals surface area contributed by atoms with E-state index in [2.05, 4.69) is 9.97 Å². The molecule has 0 spiro atoms. The maximum atomic E-state index is 13.4. The molecular formula is C14H15ClFN3. The van der Waals surface area contributed by atoms with E-state index in [0.717, 1.165) is 22.9 Å². The first-order valence-corrected chi connectivity index (χ1v) is 6.31. The molecule has 2 rings (SSSR count). The molecule has 1 heterocycles. The summed E-state index contributed by atoms with van der Waals surface area (Å²) in [6.45, 7) is 4.34. The van der Waals surface area contributed by atoms with Crippen molar-refractivity contribution in [3.63, 3.8) is 0 Å². The lowest BCUT2D eigenvalue weighted by atomic mass is 10.2. The van der Waals surface area contributed by atoms with E-state index < -0.39 is 5.82 Å². The summed E-state index contributed by atoms with van der Waals surface area (Å²) in [7, 11) is 1.91. The smallest absolute Gasteiger partial charge is 0.142 e. The fourth-order valence-electron chi connectivity index (χ4n) is 1.89. The molecule has 100 valence electrons. The van der Waals surface area contributed by atoms with Crippen molar-refractivity contribution in [2.24, 2.45) is 0 Å². The molecule has 1 aromatic carbocycles. The minimum absolute atomic E-state index is 0.139. The Morgan fingerprint density at radius 2 is 1.95 bits per heavy atom. The van der Waals surface area contributed by atoms with Crippen LogP contribution in [0.25, 0.3) is 0 Å². The highest BCUT2D eigenvalue weighted by atomic mass is 35.5. The zero-order valence-corrected chi connectivity index (χ0v) is 11.9. The van der Waals surface area contributed by atoms with Crippen molar-refractivity contribution < 1.29 is 4.39 Å². The average Bonchev–Trinajstić information content (AvgIpc) is 2.32. The van der Waals surface area contributed by atoms with Crippen LogP contribution < -0.4 is 4.90 Å². The lowest BCUT2D eigenvalue weighted by Gasteiger charge is -2.19. The van der Waals surface area contributed by atoms with Gasteiger partial charge in [0, 0.05) is 25.4 Å². The summed E-state index contributed by atoms with van der Waals surface area (Å²) in [5.74, 6) is 1.15. The third-order valence-electron chi connectivity index (χ3n) is 2.75. The maximum absolute atomic E-state index is 13.4. The summed E-state index contributed by atoms with van der Waals surface area (Å²) in [5.41, 5.74) is 1.76. The molecule has 0 aliphatic carbocycles. The van der Waals surface area contributed by atoms with Crippen molar-refractivity contribution >= 4 is 17.4 Å². The van der Waals surface area contributed by atoms with Gasteiger partial charge in [-0.1, -0.05) is 17.7 Å². The zero-order valence-electron chi connectivity index (χ0n) is 11.1. The van der Waals surface area contributed by atoms with Gasteiger partial charge >= 0.3 is 0 Å². The number of aryl methyl sites for hydroxylation is 2. The highest BCUT2D eigenvalue weighted by molar-refractivity contribution is 6.30. The van der Waals surface area contributed by atoms with Crippen LogP contribution in [0.2, 0.25) is 5.02 Å². The lowest BCUT2D eigenvalue weighted by molar-refractivity contribution is 0.625. The Bertz CT molecular complexity index is 581. The average molecular weight is 280 g/mol. The van der Waals surface area contributed by atoms with Gasteiger partial charge < -0.3 is 4.90 Å². The Morgan fingerprint density at radius 3 is 2.58 bits per heavy atom. The van der Waals surface area contributed by atoms with Gasteiger partial charge in [0.1, 0.15) is 17.5 Å². The SMILES string of the molecule is Cc1cc(N(C)Cc2ccc(Cl)c(F)c2)nc(C)n1. The second-order valence-electron chi connectivity index (χ2n) is 4.52. The number of hydrogen-bond acceptors (Lipinski definition) is 3. The van der Waals surface area contributed by atoms with Crippen molar-refractivity contribution in [1.82, 2.24) is 9.97 Å². The molecule has 0 fully saturated rings. The molecule has 1 aromatic heterocycles. The molecule has 2 aromatic rings. The predicted molar refractivity (Wildman–Crippen MR) is 75.0 cm³/mol. The number of rotatable bonds is 3. The van der Waals surface area contributed by atoms with E-state index in [1.54, 1.807) is 6.07 Å². The Balaban J connectivity index is 2.20. The summed E-state index contributed by atoms with van der Waals surface area (Å²) in [5, 5.41) is 0.139. The number of halogens is 2. The van der Waals surface area contributed by atoms with Gasteiger partial charge in [-0.25, -0.2) is 14.4 Å². The predicted octanol–water partition coefficient (Wildman–Crippen LogP) is 3.52. The number of nitrogens with zero attached hydrogens (tertiary/aromatic N) is 3. The summed E-state index contributed by atoms with van der Waals surface area (Å²) < 4.78 is 13.4. The van der Waals surface area contributed by atoms with Crippen molar-refractivity contribution in [1.29, 1.82) is 0 Å². The molecule has 0 bridgehead atoms. The molecule has 0 unspecified atom stereocenters. The molecule has 0 N–H and O–H groups in total. The van der Waals surface area contributed by atoms with Crippen LogP contribution in [-0.2, 0) is 6.54 Å². The summed E-state index contributed by atoms with van der Waals surface area (Å²) >= 11 is 5.67. The van der Waals surface area contributed by atoms with Crippen molar-refractivity contribution in [3.05, 3.63) is 52.2 Å². The lowest BCUT2D eigenvalue weighted by Crippen LogP contribution is -2.18. The molecule has 0 amide bonds. The van der Waals surface area contributed by atoms with Gasteiger partial charge in [0.2, 0.25) is 0 Å². The Kier molecular flexibility index (Phi) is 4.00. The zero-order chi connectivity index (χ0) is 14.0. The molecule has 19 heavy (non-hydrogen) atoms. The Hall–Kier alpha value is -1.68. The van der Waals surface area contributed by atoms with Crippen LogP contribution in [0.5, 0.6) is 0 Å². The summed E-state index contributed by atoms with van der Waals surface area (Å²) in [6, 6.07) is 6.72. The van der Waals surface area contributed by atoms with Crippen molar-refractivity contribution in [2.75, 3.05) is 11.9 Å². The third-order valence-corrected chi connectivity index (χ3v) is 3.05. The number of benzene rings is 1. The fourth-order valence-corrected chi connectivity index (χ4v) is 2.00. The van der Waals surface area contributed by atoms with Crippen LogP contribution in [0, 0.1) is 19.7 Å². The molecule has 0 radical (unpaired) electrons. The van der Waals surface area contributed by atoms with Crippen LogP contribution in [-0.4, -0.2) is 17.0 Å². The van der Waals surface area contributed by atoms with Crippen LogP contribution in [0.4, 0.5) is 10.2 Å². The van der Waals surface area contributed by atoms with Gasteiger partial charge in [0.25, 0.3) is 0 Å². The van der Waals surface area contributed by atoms with E-state index in [1.165, 1.54) is 6.07 Å². The van der Waals surface area contributed by atoms with Gasteiger partial charge in [-0.2, -0.15) is 0 Å². The second kappa shape index (κ2) is 5.53. The van der Waals surface area contributed by atoms with E-state index in [9.17, 15) is 4.39 Å². The molecular weight excluding hydrogens is 265 g/mol. The van der Waals surface area contributed by atoms with Gasteiger partial charge in [0.15, 0.2) is 0 Å². The minimum Gasteiger partial charge on any atom is -0.355 e. The van der Waals surface area contributed by atoms with Gasteiger partial charge in [-0.15, -0.1) is 0 Å². The van der Waals surface area contributed by atoms with E-state index >= 15 is 0 Å². The normalized spacial score (nSPS) is 10.6. The molecule has 3 nitrogen and oxygen atoms in total. The third kappa shape index (κ3) is 3.41. The van der Waals surface area contributed by atoms with Crippen molar-refractivity contribution in [3.8, 4) is 0 Å². The van der Waals surface area contributed by atoms with Crippen molar-refractivity contribution in [2.45, 2.75) is 20.4 Å². The van der Waals surface area contributed by atoms with Crippen LogP contribution in [0.15, 0.2) is 24.3 Å². The first-order valence-electron chi connectivity index (χ1n) is 5.93. The summed E-state index contributed by atoms with van der Waals surface area (Å²) in [6.07, 6.45) is 0. The maximum Gasteiger partial charge on any atom is 0.142 e. The molecule has 0 aliphatic heterocycles.